The van der Waals surface area contributed by atoms with Gasteiger partial charge in [0.2, 0.25) is 11.8 Å². The molecule has 2 aliphatic heterocycles. The van der Waals surface area contributed by atoms with Gasteiger partial charge < -0.3 is 4.74 Å². The van der Waals surface area contributed by atoms with E-state index in [0.29, 0.717) is 36.4 Å². The summed E-state index contributed by atoms with van der Waals surface area (Å²) >= 11 is 3.41. The Labute approximate surface area is 146 Å². The van der Waals surface area contributed by atoms with Crippen molar-refractivity contribution < 1.29 is 14.3 Å². The molecule has 0 radical (unpaired) electrons. The Morgan fingerprint density at radius 3 is 2.71 bits per heavy atom. The Morgan fingerprint density at radius 1 is 1.25 bits per heavy atom. The smallest absolute Gasteiger partial charge is 0.330 e. The number of nitrogens with one attached hydrogen (secondary N) is 1. The van der Waals surface area contributed by atoms with Crippen LogP contribution >= 0.6 is 15.9 Å². The summed E-state index contributed by atoms with van der Waals surface area (Å²) in [6.45, 7) is 4.86. The molecule has 2 aromatic rings. The lowest BCUT2D eigenvalue weighted by atomic mass is 10.1. The fourth-order valence-electron chi connectivity index (χ4n) is 3.14. The molecule has 1 atom stereocenters. The third kappa shape index (κ3) is 2.54. The Kier molecular flexibility index (Phi) is 4.49. The number of nitrogens with zero attached hydrogens (tertiary/aromatic N) is 2. The summed E-state index contributed by atoms with van der Waals surface area (Å²) in [5, 5.41) is 2.30. The average Bonchev–Trinajstić information content (AvgIpc) is 2.84. The van der Waals surface area contributed by atoms with Gasteiger partial charge in [0.15, 0.2) is 0 Å². The zero-order valence-electron chi connectivity index (χ0n) is 13.5. The quantitative estimate of drug-likeness (QED) is 0.748. The largest absolute Gasteiger partial charge is 0.489 e. The number of imide groups is 1. The van der Waals surface area contributed by atoms with Crippen LogP contribution in [0.4, 0.5) is 0 Å². The van der Waals surface area contributed by atoms with Gasteiger partial charge in [-0.25, -0.2) is 4.79 Å². The number of carbonyl (C=O) groups excluding carboxylic acids is 2. The van der Waals surface area contributed by atoms with Crippen molar-refractivity contribution in [3.05, 3.63) is 27.1 Å². The van der Waals surface area contributed by atoms with Gasteiger partial charge in [-0.1, -0.05) is 29.8 Å². The van der Waals surface area contributed by atoms with Crippen molar-refractivity contribution in [3.63, 3.8) is 0 Å². The first-order valence-corrected chi connectivity index (χ1v) is 8.76. The van der Waals surface area contributed by atoms with Crippen molar-refractivity contribution in [2.24, 2.45) is 0 Å². The summed E-state index contributed by atoms with van der Waals surface area (Å²) in [6.07, 6.45) is 0.555. The molecule has 7 nitrogen and oxygen atoms in total. The SMILES string of the molecule is CC.O=C1CCC(n2c(=O)n3c4c(cc(Br)cc42)OCC3)C(=O)N1. The van der Waals surface area contributed by atoms with Gasteiger partial charge in [0.25, 0.3) is 0 Å². The van der Waals surface area contributed by atoms with Crippen molar-refractivity contribution >= 4 is 38.8 Å². The van der Waals surface area contributed by atoms with Crippen LogP contribution in [-0.4, -0.2) is 27.6 Å². The van der Waals surface area contributed by atoms with Gasteiger partial charge in [-0.2, -0.15) is 0 Å². The lowest BCUT2D eigenvalue weighted by Crippen LogP contribution is -2.44. The Hall–Kier alpha value is -2.09. The van der Waals surface area contributed by atoms with Gasteiger partial charge in [-0.3, -0.25) is 24.0 Å². The van der Waals surface area contributed by atoms with Crippen molar-refractivity contribution in [2.75, 3.05) is 6.61 Å². The molecule has 8 heteroatoms. The summed E-state index contributed by atoms with van der Waals surface area (Å²) in [5.41, 5.74) is 1.10. The number of hydrogen-bond acceptors (Lipinski definition) is 4. The molecule has 0 saturated carbocycles. The zero-order chi connectivity index (χ0) is 17.4. The summed E-state index contributed by atoms with van der Waals surface area (Å²) in [6, 6.07) is 2.94. The fourth-order valence-corrected chi connectivity index (χ4v) is 3.56. The van der Waals surface area contributed by atoms with Gasteiger partial charge in [0, 0.05) is 10.9 Å². The number of imidazole rings is 1. The van der Waals surface area contributed by atoms with E-state index in [-0.39, 0.29) is 18.0 Å². The monoisotopic (exact) mass is 395 g/mol. The maximum Gasteiger partial charge on any atom is 0.330 e. The Morgan fingerprint density at radius 2 is 2.00 bits per heavy atom. The lowest BCUT2D eigenvalue weighted by Gasteiger charge is -2.21. The van der Waals surface area contributed by atoms with Crippen molar-refractivity contribution in [1.82, 2.24) is 14.5 Å². The van der Waals surface area contributed by atoms with E-state index in [2.05, 4.69) is 21.2 Å². The van der Waals surface area contributed by atoms with Crippen LogP contribution in [0.1, 0.15) is 32.7 Å². The van der Waals surface area contributed by atoms with Crippen LogP contribution in [0, 0.1) is 0 Å². The first-order valence-electron chi connectivity index (χ1n) is 7.97. The molecule has 0 bridgehead atoms. The van der Waals surface area contributed by atoms with Crippen LogP contribution in [0.3, 0.4) is 0 Å². The molecule has 0 aliphatic carbocycles. The molecular weight excluding hydrogens is 378 g/mol. The normalized spacial score (nSPS) is 19.4. The van der Waals surface area contributed by atoms with Crippen LogP contribution < -0.4 is 15.7 Å². The molecule has 1 unspecified atom stereocenters. The first kappa shape index (κ1) is 16.8. The zero-order valence-corrected chi connectivity index (χ0v) is 15.1. The van der Waals surface area contributed by atoms with E-state index in [1.807, 2.05) is 19.9 Å². The maximum atomic E-state index is 12.7. The molecule has 0 spiro atoms. The number of carbonyl (C=O) groups is 2. The molecular formula is C16H18BrN3O4. The van der Waals surface area contributed by atoms with E-state index in [9.17, 15) is 14.4 Å². The highest BCUT2D eigenvalue weighted by molar-refractivity contribution is 9.10. The minimum atomic E-state index is -0.672. The second-order valence-electron chi connectivity index (χ2n) is 5.39. The highest BCUT2D eigenvalue weighted by Crippen LogP contribution is 2.34. The minimum Gasteiger partial charge on any atom is -0.489 e. The van der Waals surface area contributed by atoms with E-state index in [1.165, 1.54) is 4.57 Å². The number of aromatic nitrogens is 2. The second kappa shape index (κ2) is 6.43. The van der Waals surface area contributed by atoms with E-state index in [4.69, 9.17) is 4.74 Å². The summed E-state index contributed by atoms with van der Waals surface area (Å²) < 4.78 is 9.49. The molecule has 2 aliphatic rings. The van der Waals surface area contributed by atoms with Gasteiger partial charge >= 0.3 is 5.69 Å². The molecule has 128 valence electrons. The molecule has 2 amide bonds. The molecule has 1 aromatic carbocycles. The van der Waals surface area contributed by atoms with Crippen molar-refractivity contribution in [2.45, 2.75) is 39.3 Å². The highest BCUT2D eigenvalue weighted by atomic mass is 79.9. The number of ether oxygens (including phenoxy) is 1. The van der Waals surface area contributed by atoms with Crippen LogP contribution in [0.5, 0.6) is 5.75 Å². The fraction of sp³-hybridized carbons (Fsp3) is 0.438. The molecule has 4 rings (SSSR count). The van der Waals surface area contributed by atoms with Crippen molar-refractivity contribution in [3.8, 4) is 5.75 Å². The van der Waals surface area contributed by atoms with E-state index in [1.54, 1.807) is 10.6 Å². The van der Waals surface area contributed by atoms with Crippen LogP contribution in [0.25, 0.3) is 11.0 Å². The Bertz CT molecular complexity index is 884. The number of amides is 2. The predicted octanol–water partition coefficient (Wildman–Crippen LogP) is 1.96. The number of hydrogen-bond donors (Lipinski definition) is 1. The molecule has 1 aromatic heterocycles. The third-order valence-electron chi connectivity index (χ3n) is 4.08. The molecule has 1 fully saturated rings. The second-order valence-corrected chi connectivity index (χ2v) is 6.31. The first-order chi connectivity index (χ1) is 11.6. The minimum absolute atomic E-state index is 0.229. The highest BCUT2D eigenvalue weighted by Gasteiger charge is 2.33. The van der Waals surface area contributed by atoms with E-state index < -0.39 is 11.9 Å². The maximum absolute atomic E-state index is 12.7. The lowest BCUT2D eigenvalue weighted by molar-refractivity contribution is -0.135. The molecule has 24 heavy (non-hydrogen) atoms. The number of benzene rings is 1. The van der Waals surface area contributed by atoms with Crippen molar-refractivity contribution in [1.29, 1.82) is 0 Å². The number of halogens is 1. The van der Waals surface area contributed by atoms with Gasteiger partial charge in [0.1, 0.15) is 23.9 Å². The van der Waals surface area contributed by atoms with E-state index >= 15 is 0 Å². The molecule has 3 heterocycles. The average molecular weight is 396 g/mol. The summed E-state index contributed by atoms with van der Waals surface area (Å²) in [7, 11) is 0. The standard InChI is InChI=1S/C14H12BrN3O4.C2H6/c15-7-5-9-12-10(6-7)22-4-3-17(12)14(21)18(9)8-1-2-11(19)16-13(8)20;1-2/h5-6,8H,1-4H2,(H,16,19,20);1-2H3. The predicted molar refractivity (Wildman–Crippen MR) is 92.2 cm³/mol. The van der Waals surface area contributed by atoms with Crippen LogP contribution in [0.2, 0.25) is 0 Å². The summed E-state index contributed by atoms with van der Waals surface area (Å²) in [4.78, 5) is 36.2. The topological polar surface area (TPSA) is 82.3 Å². The van der Waals surface area contributed by atoms with Crippen LogP contribution in [-0.2, 0) is 16.1 Å². The Balaban J connectivity index is 0.000000815. The molecule has 1 N–H and O–H groups in total. The number of rotatable bonds is 1. The third-order valence-corrected chi connectivity index (χ3v) is 4.54. The van der Waals surface area contributed by atoms with Gasteiger partial charge in [-0.05, 0) is 18.6 Å². The molecule has 1 saturated heterocycles. The van der Waals surface area contributed by atoms with E-state index in [0.717, 1.165) is 4.47 Å². The van der Waals surface area contributed by atoms with Gasteiger partial charge in [-0.15, -0.1) is 0 Å². The summed E-state index contributed by atoms with van der Waals surface area (Å²) in [5.74, 6) is -0.106. The van der Waals surface area contributed by atoms with Gasteiger partial charge in [0.05, 0.1) is 12.1 Å². The van der Waals surface area contributed by atoms with Crippen LogP contribution in [0.15, 0.2) is 21.4 Å². The number of piperidine rings is 1.